The van der Waals surface area contributed by atoms with Gasteiger partial charge in [-0.2, -0.15) is 0 Å². The molecule has 2 saturated carbocycles. The number of aliphatic imine (C=N–C) groups is 1. The fourth-order valence-electron chi connectivity index (χ4n) is 3.34. The minimum absolute atomic E-state index is 0.128. The summed E-state index contributed by atoms with van der Waals surface area (Å²) in [5.41, 5.74) is 7.33. The smallest absolute Gasteiger partial charge is 0.188 e. The van der Waals surface area contributed by atoms with Crippen LogP contribution in [0.1, 0.15) is 50.6 Å². The van der Waals surface area contributed by atoms with Crippen molar-refractivity contribution in [2.24, 2.45) is 10.7 Å². The van der Waals surface area contributed by atoms with Gasteiger partial charge in [-0.25, -0.2) is 0 Å². The van der Waals surface area contributed by atoms with E-state index in [2.05, 4.69) is 27.4 Å². The molecule has 0 saturated heterocycles. The van der Waals surface area contributed by atoms with Gasteiger partial charge in [-0.05, 0) is 37.8 Å². The van der Waals surface area contributed by atoms with Crippen molar-refractivity contribution < 1.29 is 0 Å². The molecule has 0 atom stereocenters. The maximum absolute atomic E-state index is 6.04. The Bertz CT molecular complexity index is 459. The highest BCUT2D eigenvalue weighted by molar-refractivity contribution is 5.78. The van der Waals surface area contributed by atoms with Crippen LogP contribution < -0.4 is 11.1 Å². The minimum Gasteiger partial charge on any atom is -0.370 e. The topological polar surface area (TPSA) is 63.3 Å². The van der Waals surface area contributed by atoms with Gasteiger partial charge in [0.05, 0.1) is 6.54 Å². The van der Waals surface area contributed by atoms with Gasteiger partial charge in [-0.15, -0.1) is 0 Å². The largest absolute Gasteiger partial charge is 0.370 e. The maximum atomic E-state index is 6.04. The summed E-state index contributed by atoms with van der Waals surface area (Å²) in [5.74, 6) is 0.610. The summed E-state index contributed by atoms with van der Waals surface area (Å²) < 4.78 is 0. The summed E-state index contributed by atoms with van der Waals surface area (Å²) >= 11 is 0. The third-order valence-electron chi connectivity index (χ3n) is 4.78. The van der Waals surface area contributed by atoms with E-state index in [0.717, 1.165) is 6.54 Å². The molecular formula is C16H24N4. The highest BCUT2D eigenvalue weighted by Crippen LogP contribution is 2.42. The number of hydrogen-bond donors (Lipinski definition) is 2. The molecule has 0 radical (unpaired) electrons. The second-order valence-electron chi connectivity index (χ2n) is 6.18. The molecule has 0 aliphatic heterocycles. The van der Waals surface area contributed by atoms with Gasteiger partial charge < -0.3 is 11.1 Å². The summed E-state index contributed by atoms with van der Waals surface area (Å²) in [6.45, 7) is 0.759. The lowest BCUT2D eigenvalue weighted by Crippen LogP contribution is -2.42. The van der Waals surface area contributed by atoms with Crippen LogP contribution in [0.15, 0.2) is 29.4 Å². The maximum Gasteiger partial charge on any atom is 0.188 e. The van der Waals surface area contributed by atoms with E-state index in [-0.39, 0.29) is 5.41 Å². The Labute approximate surface area is 120 Å². The van der Waals surface area contributed by atoms with E-state index in [1.165, 1.54) is 50.6 Å². The van der Waals surface area contributed by atoms with E-state index < -0.39 is 0 Å². The quantitative estimate of drug-likeness (QED) is 0.653. The highest BCUT2D eigenvalue weighted by Gasteiger charge is 2.39. The second-order valence-corrected chi connectivity index (χ2v) is 6.18. The number of pyridine rings is 1. The fourth-order valence-corrected chi connectivity index (χ4v) is 3.34. The first-order valence-corrected chi connectivity index (χ1v) is 7.76. The van der Waals surface area contributed by atoms with Crippen LogP contribution >= 0.6 is 0 Å². The third-order valence-corrected chi connectivity index (χ3v) is 4.78. The predicted molar refractivity (Wildman–Crippen MR) is 81.6 cm³/mol. The Morgan fingerprint density at radius 2 is 2.10 bits per heavy atom. The monoisotopic (exact) mass is 272 g/mol. The number of nitrogens with one attached hydrogen (secondary N) is 1. The van der Waals surface area contributed by atoms with Crippen molar-refractivity contribution in [2.75, 3.05) is 6.54 Å². The molecule has 1 aromatic heterocycles. The number of guanidine groups is 1. The molecule has 3 rings (SSSR count). The molecule has 1 aromatic rings. The van der Waals surface area contributed by atoms with Crippen LogP contribution in [0.3, 0.4) is 0 Å². The van der Waals surface area contributed by atoms with Crippen molar-refractivity contribution in [3.8, 4) is 0 Å². The average Bonchev–Trinajstić information content (AvgIpc) is 2.91. The van der Waals surface area contributed by atoms with E-state index >= 15 is 0 Å². The van der Waals surface area contributed by atoms with Gasteiger partial charge >= 0.3 is 0 Å². The molecule has 0 spiro atoms. The Morgan fingerprint density at radius 1 is 1.30 bits per heavy atom. The molecule has 2 aliphatic carbocycles. The van der Waals surface area contributed by atoms with Crippen LogP contribution in [0.25, 0.3) is 0 Å². The van der Waals surface area contributed by atoms with Crippen molar-refractivity contribution >= 4 is 5.96 Å². The SMILES string of the molecule is NC(=NCC1(c2ccccn2)CCC1)NC1CCCC1. The standard InChI is InChI=1S/C16H24N4/c17-15(20-13-6-1-2-7-13)19-12-16(9-5-10-16)14-8-3-4-11-18-14/h3-4,8,11,13H,1-2,5-7,9-10,12H2,(H3,17,19,20). The summed E-state index contributed by atoms with van der Waals surface area (Å²) in [6, 6.07) is 6.68. The minimum atomic E-state index is 0.128. The van der Waals surface area contributed by atoms with Gasteiger partial charge in [0.15, 0.2) is 5.96 Å². The van der Waals surface area contributed by atoms with E-state index in [1.807, 2.05) is 12.3 Å². The van der Waals surface area contributed by atoms with Gasteiger partial charge in [0.2, 0.25) is 0 Å². The zero-order valence-corrected chi connectivity index (χ0v) is 12.0. The van der Waals surface area contributed by atoms with Gasteiger partial charge in [-0.3, -0.25) is 9.98 Å². The van der Waals surface area contributed by atoms with E-state index in [1.54, 1.807) is 0 Å². The van der Waals surface area contributed by atoms with E-state index in [0.29, 0.717) is 12.0 Å². The molecule has 3 N–H and O–H groups in total. The second kappa shape index (κ2) is 5.81. The molecule has 0 amide bonds. The van der Waals surface area contributed by atoms with Gasteiger partial charge in [0, 0.05) is 23.3 Å². The van der Waals surface area contributed by atoms with Crippen molar-refractivity contribution in [2.45, 2.75) is 56.4 Å². The lowest BCUT2D eigenvalue weighted by Gasteiger charge is -2.40. The number of nitrogens with zero attached hydrogens (tertiary/aromatic N) is 2. The Hall–Kier alpha value is -1.58. The lowest BCUT2D eigenvalue weighted by molar-refractivity contribution is 0.246. The van der Waals surface area contributed by atoms with Crippen LogP contribution in [0.4, 0.5) is 0 Å². The van der Waals surface area contributed by atoms with Gasteiger partial charge in [-0.1, -0.05) is 25.3 Å². The highest BCUT2D eigenvalue weighted by atomic mass is 15.1. The molecule has 4 nitrogen and oxygen atoms in total. The van der Waals surface area contributed by atoms with Crippen LogP contribution in [-0.4, -0.2) is 23.5 Å². The molecular weight excluding hydrogens is 248 g/mol. The van der Waals surface area contributed by atoms with Crippen molar-refractivity contribution in [1.82, 2.24) is 10.3 Å². The average molecular weight is 272 g/mol. The first-order valence-electron chi connectivity index (χ1n) is 7.76. The lowest BCUT2D eigenvalue weighted by atomic mass is 9.66. The molecule has 1 heterocycles. The number of hydrogen-bond acceptors (Lipinski definition) is 2. The zero-order chi connectivity index (χ0) is 13.8. The normalized spacial score (nSPS) is 22.5. The van der Waals surface area contributed by atoms with Crippen LogP contribution in [0.5, 0.6) is 0 Å². The van der Waals surface area contributed by atoms with Gasteiger partial charge in [0.1, 0.15) is 0 Å². The summed E-state index contributed by atoms with van der Waals surface area (Å²) in [6.07, 6.45) is 10.5. The molecule has 0 unspecified atom stereocenters. The molecule has 2 aliphatic rings. The summed E-state index contributed by atoms with van der Waals surface area (Å²) in [5, 5.41) is 3.36. The molecule has 108 valence electrons. The predicted octanol–water partition coefficient (Wildman–Crippen LogP) is 2.35. The van der Waals surface area contributed by atoms with Crippen LogP contribution in [0, 0.1) is 0 Å². The number of rotatable bonds is 4. The van der Waals surface area contributed by atoms with E-state index in [9.17, 15) is 0 Å². The Kier molecular flexibility index (Phi) is 3.90. The molecule has 4 heteroatoms. The van der Waals surface area contributed by atoms with Crippen molar-refractivity contribution in [3.63, 3.8) is 0 Å². The third kappa shape index (κ3) is 2.79. The first-order chi connectivity index (χ1) is 9.78. The van der Waals surface area contributed by atoms with Gasteiger partial charge in [0.25, 0.3) is 0 Å². The summed E-state index contributed by atoms with van der Waals surface area (Å²) in [4.78, 5) is 9.13. The molecule has 0 aromatic carbocycles. The first kappa shape index (κ1) is 13.4. The molecule has 0 bridgehead atoms. The molecule has 2 fully saturated rings. The van der Waals surface area contributed by atoms with Crippen LogP contribution in [0.2, 0.25) is 0 Å². The number of nitrogens with two attached hydrogens (primary N) is 1. The number of aromatic nitrogens is 1. The molecule has 20 heavy (non-hydrogen) atoms. The van der Waals surface area contributed by atoms with Crippen LogP contribution in [-0.2, 0) is 5.41 Å². The van der Waals surface area contributed by atoms with Crippen molar-refractivity contribution in [3.05, 3.63) is 30.1 Å². The zero-order valence-electron chi connectivity index (χ0n) is 12.0. The van der Waals surface area contributed by atoms with Crippen molar-refractivity contribution in [1.29, 1.82) is 0 Å². The summed E-state index contributed by atoms with van der Waals surface area (Å²) in [7, 11) is 0. The van der Waals surface area contributed by atoms with E-state index in [4.69, 9.17) is 5.73 Å². The Balaban J connectivity index is 1.63. The Morgan fingerprint density at radius 3 is 2.70 bits per heavy atom. The fraction of sp³-hybridized carbons (Fsp3) is 0.625.